The predicted octanol–water partition coefficient (Wildman–Crippen LogP) is 4.22. The maximum Gasteiger partial charge on any atom is 0.419 e. The number of hydrogen-bond donors (Lipinski definition) is 0. The highest BCUT2D eigenvalue weighted by Crippen LogP contribution is 2.35. The Hall–Kier alpha value is -1.39. The Balaban J connectivity index is 2.19. The Kier molecular flexibility index (Phi) is 3.41. The van der Waals surface area contributed by atoms with Gasteiger partial charge in [-0.1, -0.05) is 18.9 Å². The first-order valence-corrected chi connectivity index (χ1v) is 5.78. The lowest BCUT2D eigenvalue weighted by Crippen LogP contribution is -2.12. The third kappa shape index (κ3) is 2.89. The quantitative estimate of drug-likeness (QED) is 0.585. The Morgan fingerprint density at radius 3 is 2.50 bits per heavy atom. The topological polar surface area (TPSA) is 17.1 Å². The molecule has 0 bridgehead atoms. The standard InChI is InChI=1S/C13H12F4O/c14-12-9(11(18)7-6-8-4-5-8)2-1-3-10(12)13(15,16)17/h1-3,8H,4-7H2. The summed E-state index contributed by atoms with van der Waals surface area (Å²) in [6, 6.07) is 2.82. The molecule has 0 aliphatic heterocycles. The molecule has 0 unspecified atom stereocenters. The molecule has 98 valence electrons. The van der Waals surface area contributed by atoms with E-state index in [1.807, 2.05) is 0 Å². The molecule has 0 heterocycles. The molecular formula is C13H12F4O. The molecule has 1 fully saturated rings. The largest absolute Gasteiger partial charge is 0.419 e. The number of carbonyl (C=O) groups excluding carboxylic acids is 1. The van der Waals surface area contributed by atoms with Gasteiger partial charge in [0.05, 0.1) is 11.1 Å². The van der Waals surface area contributed by atoms with Crippen LogP contribution in [0.3, 0.4) is 0 Å². The summed E-state index contributed by atoms with van der Waals surface area (Å²) < 4.78 is 51.0. The van der Waals surface area contributed by atoms with Crippen LogP contribution < -0.4 is 0 Å². The minimum Gasteiger partial charge on any atom is -0.294 e. The second kappa shape index (κ2) is 4.71. The second-order valence-electron chi connectivity index (χ2n) is 4.57. The Labute approximate surface area is 102 Å². The molecule has 1 aliphatic carbocycles. The fourth-order valence-electron chi connectivity index (χ4n) is 1.84. The lowest BCUT2D eigenvalue weighted by Gasteiger charge is -2.10. The SMILES string of the molecule is O=C(CCC1CC1)c1cccc(C(F)(F)F)c1F. The Morgan fingerprint density at radius 1 is 1.28 bits per heavy atom. The van der Waals surface area contributed by atoms with Crippen LogP contribution in [0.1, 0.15) is 41.6 Å². The van der Waals surface area contributed by atoms with Crippen molar-refractivity contribution < 1.29 is 22.4 Å². The molecule has 1 nitrogen and oxygen atoms in total. The van der Waals surface area contributed by atoms with Gasteiger partial charge in [-0.25, -0.2) is 4.39 Å². The van der Waals surface area contributed by atoms with Crippen molar-refractivity contribution in [3.8, 4) is 0 Å². The minimum absolute atomic E-state index is 0.114. The van der Waals surface area contributed by atoms with Crippen molar-refractivity contribution in [2.75, 3.05) is 0 Å². The number of Topliss-reactive ketones (excluding diaryl/α,β-unsaturated/α-hetero) is 1. The van der Waals surface area contributed by atoms with Crippen molar-refractivity contribution in [3.05, 3.63) is 35.1 Å². The van der Waals surface area contributed by atoms with E-state index in [1.165, 1.54) is 0 Å². The zero-order valence-electron chi connectivity index (χ0n) is 9.56. The van der Waals surface area contributed by atoms with E-state index in [0.717, 1.165) is 25.0 Å². The van der Waals surface area contributed by atoms with Gasteiger partial charge in [-0.2, -0.15) is 13.2 Å². The van der Waals surface area contributed by atoms with Crippen LogP contribution in [-0.4, -0.2) is 5.78 Å². The summed E-state index contributed by atoms with van der Waals surface area (Å²) in [5, 5.41) is 0. The third-order valence-electron chi connectivity index (χ3n) is 3.08. The molecule has 0 radical (unpaired) electrons. The van der Waals surface area contributed by atoms with Crippen LogP contribution in [0.5, 0.6) is 0 Å². The maximum atomic E-state index is 13.6. The highest BCUT2D eigenvalue weighted by molar-refractivity contribution is 5.96. The van der Waals surface area contributed by atoms with Gasteiger partial charge in [-0.3, -0.25) is 4.79 Å². The van der Waals surface area contributed by atoms with Crippen molar-refractivity contribution in [1.29, 1.82) is 0 Å². The number of ketones is 1. The lowest BCUT2D eigenvalue weighted by molar-refractivity contribution is -0.140. The Bertz CT molecular complexity index is 461. The summed E-state index contributed by atoms with van der Waals surface area (Å²) in [5.41, 5.74) is -1.83. The highest BCUT2D eigenvalue weighted by Gasteiger charge is 2.35. The second-order valence-corrected chi connectivity index (χ2v) is 4.57. The van der Waals surface area contributed by atoms with Crippen molar-refractivity contribution in [3.63, 3.8) is 0 Å². The first kappa shape index (κ1) is 13.1. The van der Waals surface area contributed by atoms with Crippen molar-refractivity contribution in [1.82, 2.24) is 0 Å². The van der Waals surface area contributed by atoms with Crippen LogP contribution in [0.15, 0.2) is 18.2 Å². The van der Waals surface area contributed by atoms with Gasteiger partial charge in [-0.15, -0.1) is 0 Å². The molecule has 0 amide bonds. The van der Waals surface area contributed by atoms with Crippen LogP contribution in [0.2, 0.25) is 0 Å². The van der Waals surface area contributed by atoms with Crippen molar-refractivity contribution in [2.45, 2.75) is 31.9 Å². The number of benzene rings is 1. The minimum atomic E-state index is -4.77. The van der Waals surface area contributed by atoms with Gasteiger partial charge in [-0.05, 0) is 24.5 Å². The maximum absolute atomic E-state index is 13.6. The summed E-state index contributed by atoms with van der Waals surface area (Å²) >= 11 is 0. The fourth-order valence-corrected chi connectivity index (χ4v) is 1.84. The molecular weight excluding hydrogens is 248 g/mol. The molecule has 1 saturated carbocycles. The number of hydrogen-bond acceptors (Lipinski definition) is 1. The van der Waals surface area contributed by atoms with E-state index in [9.17, 15) is 22.4 Å². The van der Waals surface area contributed by atoms with E-state index in [4.69, 9.17) is 0 Å². The van der Waals surface area contributed by atoms with Crippen LogP contribution >= 0.6 is 0 Å². The van der Waals surface area contributed by atoms with E-state index in [2.05, 4.69) is 0 Å². The molecule has 0 saturated heterocycles. The first-order valence-electron chi connectivity index (χ1n) is 5.78. The summed E-state index contributed by atoms with van der Waals surface area (Å²) in [4.78, 5) is 11.7. The predicted molar refractivity (Wildman–Crippen MR) is 57.7 cm³/mol. The first-order chi connectivity index (χ1) is 8.39. The summed E-state index contributed by atoms with van der Waals surface area (Å²) in [6.07, 6.45) is -1.91. The van der Waals surface area contributed by atoms with E-state index in [1.54, 1.807) is 0 Å². The lowest BCUT2D eigenvalue weighted by atomic mass is 10.0. The monoisotopic (exact) mass is 260 g/mol. The van der Waals surface area contributed by atoms with Crippen LogP contribution in [0.4, 0.5) is 17.6 Å². The molecule has 1 aromatic carbocycles. The molecule has 2 rings (SSSR count). The normalized spacial score (nSPS) is 15.8. The molecule has 18 heavy (non-hydrogen) atoms. The molecule has 0 N–H and O–H groups in total. The summed E-state index contributed by atoms with van der Waals surface area (Å²) in [6.45, 7) is 0. The van der Waals surface area contributed by atoms with Gasteiger partial charge in [0.15, 0.2) is 5.78 Å². The van der Waals surface area contributed by atoms with Gasteiger partial charge >= 0.3 is 6.18 Å². The molecule has 0 aromatic heterocycles. The number of halogens is 4. The van der Waals surface area contributed by atoms with Gasteiger partial charge in [0, 0.05) is 6.42 Å². The van der Waals surface area contributed by atoms with Gasteiger partial charge < -0.3 is 0 Å². The fraction of sp³-hybridized carbons (Fsp3) is 0.462. The van der Waals surface area contributed by atoms with E-state index >= 15 is 0 Å². The molecule has 0 atom stereocenters. The summed E-state index contributed by atoms with van der Waals surface area (Å²) in [5.74, 6) is -1.51. The summed E-state index contributed by atoms with van der Waals surface area (Å²) in [7, 11) is 0. The van der Waals surface area contributed by atoms with E-state index in [0.29, 0.717) is 18.4 Å². The van der Waals surface area contributed by atoms with E-state index in [-0.39, 0.29) is 6.42 Å². The van der Waals surface area contributed by atoms with Crippen LogP contribution in [0, 0.1) is 11.7 Å². The Morgan fingerprint density at radius 2 is 1.94 bits per heavy atom. The van der Waals surface area contributed by atoms with Crippen molar-refractivity contribution in [2.24, 2.45) is 5.92 Å². The smallest absolute Gasteiger partial charge is 0.294 e. The average molecular weight is 260 g/mol. The number of rotatable bonds is 4. The zero-order valence-corrected chi connectivity index (χ0v) is 9.56. The molecule has 0 spiro atoms. The zero-order chi connectivity index (χ0) is 13.3. The van der Waals surface area contributed by atoms with Crippen LogP contribution in [-0.2, 0) is 6.18 Å². The average Bonchev–Trinajstić information content (AvgIpc) is 3.08. The highest BCUT2D eigenvalue weighted by atomic mass is 19.4. The van der Waals surface area contributed by atoms with Gasteiger partial charge in [0.1, 0.15) is 5.82 Å². The van der Waals surface area contributed by atoms with Crippen molar-refractivity contribution >= 4 is 5.78 Å². The molecule has 1 aromatic rings. The van der Waals surface area contributed by atoms with Crippen LogP contribution in [0.25, 0.3) is 0 Å². The molecule has 1 aliphatic rings. The van der Waals surface area contributed by atoms with Gasteiger partial charge in [0.2, 0.25) is 0 Å². The third-order valence-corrected chi connectivity index (χ3v) is 3.08. The number of alkyl halides is 3. The van der Waals surface area contributed by atoms with Gasteiger partial charge in [0.25, 0.3) is 0 Å². The number of carbonyl (C=O) groups is 1. The molecule has 5 heteroatoms. The van der Waals surface area contributed by atoms with E-state index < -0.39 is 28.9 Å².